The van der Waals surface area contributed by atoms with Gasteiger partial charge in [0.25, 0.3) is 0 Å². The molecule has 5 rings (SSSR count). The predicted molar refractivity (Wildman–Crippen MR) is 144 cm³/mol. The SMILES string of the molecule is CCCNC(=O)[C@H]1[C@@H]2SC3(CC2Br)C(C(=O)NC2CCCCC2)N([C@H](CO)c2ccccc2)C(=O)[C@H]13. The van der Waals surface area contributed by atoms with Crippen LogP contribution in [0.15, 0.2) is 30.3 Å². The van der Waals surface area contributed by atoms with E-state index < -0.39 is 28.7 Å². The number of hydrogen-bond donors (Lipinski definition) is 3. The number of rotatable bonds is 8. The van der Waals surface area contributed by atoms with Gasteiger partial charge >= 0.3 is 0 Å². The first-order chi connectivity index (χ1) is 17.4. The topological polar surface area (TPSA) is 98.7 Å². The molecular weight excluding hydrogens is 542 g/mol. The van der Waals surface area contributed by atoms with Crippen molar-refractivity contribution in [2.75, 3.05) is 13.2 Å². The van der Waals surface area contributed by atoms with E-state index in [1.807, 2.05) is 37.3 Å². The van der Waals surface area contributed by atoms with Gasteiger partial charge in [0.1, 0.15) is 6.04 Å². The number of aliphatic hydroxyl groups is 1. The smallest absolute Gasteiger partial charge is 0.244 e. The van der Waals surface area contributed by atoms with Crippen LogP contribution in [0, 0.1) is 11.8 Å². The molecule has 1 aromatic carbocycles. The minimum absolute atomic E-state index is 0.0400. The summed E-state index contributed by atoms with van der Waals surface area (Å²) in [6.07, 6.45) is 6.72. The molecule has 36 heavy (non-hydrogen) atoms. The molecule has 0 radical (unpaired) electrons. The largest absolute Gasteiger partial charge is 0.394 e. The summed E-state index contributed by atoms with van der Waals surface area (Å²) < 4.78 is -0.703. The van der Waals surface area contributed by atoms with Crippen LogP contribution in [-0.4, -0.2) is 67.8 Å². The van der Waals surface area contributed by atoms with Gasteiger partial charge in [-0.1, -0.05) is 72.4 Å². The van der Waals surface area contributed by atoms with Gasteiger partial charge in [0.15, 0.2) is 0 Å². The molecule has 2 bridgehead atoms. The average molecular weight is 579 g/mol. The number of nitrogens with one attached hydrogen (secondary N) is 2. The van der Waals surface area contributed by atoms with Crippen LogP contribution in [0.5, 0.6) is 0 Å². The number of aliphatic hydroxyl groups excluding tert-OH is 1. The van der Waals surface area contributed by atoms with Crippen LogP contribution < -0.4 is 10.6 Å². The number of carbonyl (C=O) groups excluding carboxylic acids is 3. The van der Waals surface area contributed by atoms with E-state index in [1.165, 1.54) is 6.42 Å². The highest BCUT2D eigenvalue weighted by molar-refractivity contribution is 9.09. The summed E-state index contributed by atoms with van der Waals surface area (Å²) in [5, 5.41) is 16.8. The Hall–Kier alpha value is -1.58. The van der Waals surface area contributed by atoms with E-state index in [1.54, 1.807) is 16.7 Å². The molecule has 4 fully saturated rings. The second-order valence-corrected chi connectivity index (χ2v) is 13.4. The van der Waals surface area contributed by atoms with Crippen molar-refractivity contribution in [2.45, 2.75) is 84.8 Å². The molecule has 3 unspecified atom stereocenters. The maximum absolute atomic E-state index is 14.3. The number of benzene rings is 1. The molecule has 3 amide bonds. The standard InChI is InChI=1S/C27H36BrN3O4S/c1-2-13-29-24(33)20-21-26(35)31(19(15-32)16-9-5-3-6-10-16)23(27(21)14-18(28)22(20)36-27)25(34)30-17-11-7-4-8-12-17/h3,5-6,9-10,17-23,32H,2,4,7-8,11-15H2,1H3,(H,29,33)(H,30,34)/t18?,19-,20-,21+,22-,23?,27?/m1/s1. The Kier molecular flexibility index (Phi) is 7.71. The van der Waals surface area contributed by atoms with E-state index in [2.05, 4.69) is 26.6 Å². The number of amides is 3. The van der Waals surface area contributed by atoms with E-state index in [4.69, 9.17) is 0 Å². The first-order valence-electron chi connectivity index (χ1n) is 13.3. The molecule has 1 spiro atoms. The lowest BCUT2D eigenvalue weighted by Gasteiger charge is -2.38. The fourth-order valence-electron chi connectivity index (χ4n) is 6.93. The number of likely N-dealkylation sites (tertiary alicyclic amines) is 1. The number of hydrogen-bond acceptors (Lipinski definition) is 5. The number of alkyl halides is 1. The van der Waals surface area contributed by atoms with Crippen LogP contribution in [0.4, 0.5) is 0 Å². The molecule has 1 aliphatic carbocycles. The molecule has 3 heterocycles. The lowest BCUT2D eigenvalue weighted by Crippen LogP contribution is -2.57. The second kappa shape index (κ2) is 10.7. The lowest BCUT2D eigenvalue weighted by atomic mass is 9.70. The molecule has 7 atom stereocenters. The minimum atomic E-state index is -0.742. The van der Waals surface area contributed by atoms with Crippen molar-refractivity contribution in [1.29, 1.82) is 0 Å². The highest BCUT2D eigenvalue weighted by atomic mass is 79.9. The normalized spacial score (nSPS) is 34.5. The maximum Gasteiger partial charge on any atom is 0.244 e. The summed E-state index contributed by atoms with van der Waals surface area (Å²) in [6, 6.07) is 8.15. The third-order valence-electron chi connectivity index (χ3n) is 8.47. The van der Waals surface area contributed by atoms with Crippen LogP contribution >= 0.6 is 27.7 Å². The molecule has 7 nitrogen and oxygen atoms in total. The van der Waals surface area contributed by atoms with Crippen molar-refractivity contribution >= 4 is 45.4 Å². The number of fused-ring (bicyclic) bond motifs is 1. The van der Waals surface area contributed by atoms with E-state index in [0.717, 1.165) is 37.7 Å². The van der Waals surface area contributed by atoms with Gasteiger partial charge < -0.3 is 20.6 Å². The molecule has 3 N–H and O–H groups in total. The van der Waals surface area contributed by atoms with Gasteiger partial charge in [0.2, 0.25) is 17.7 Å². The fourth-order valence-corrected chi connectivity index (χ4v) is 10.5. The summed E-state index contributed by atoms with van der Waals surface area (Å²) in [5.41, 5.74) is 0.794. The van der Waals surface area contributed by atoms with Gasteiger partial charge in [-0.15, -0.1) is 11.8 Å². The van der Waals surface area contributed by atoms with Gasteiger partial charge in [0, 0.05) is 22.7 Å². The third-order valence-corrected chi connectivity index (χ3v) is 11.7. The Morgan fingerprint density at radius 2 is 1.92 bits per heavy atom. The molecule has 0 aromatic heterocycles. The van der Waals surface area contributed by atoms with Crippen LogP contribution in [0.3, 0.4) is 0 Å². The Labute approximate surface area is 225 Å². The average Bonchev–Trinajstić information content (AvgIpc) is 3.48. The highest BCUT2D eigenvalue weighted by Crippen LogP contribution is 2.68. The Bertz CT molecular complexity index is 990. The fraction of sp³-hybridized carbons (Fsp3) is 0.667. The zero-order chi connectivity index (χ0) is 25.4. The Morgan fingerprint density at radius 3 is 2.58 bits per heavy atom. The first kappa shape index (κ1) is 26.0. The summed E-state index contributed by atoms with van der Waals surface area (Å²) >= 11 is 5.45. The summed E-state index contributed by atoms with van der Waals surface area (Å²) in [7, 11) is 0. The molecule has 3 aliphatic heterocycles. The number of nitrogens with zero attached hydrogens (tertiary/aromatic N) is 1. The quantitative estimate of drug-likeness (QED) is 0.412. The van der Waals surface area contributed by atoms with Crippen LogP contribution in [-0.2, 0) is 14.4 Å². The van der Waals surface area contributed by atoms with Gasteiger partial charge in [-0.25, -0.2) is 0 Å². The van der Waals surface area contributed by atoms with E-state index in [-0.39, 0.29) is 40.4 Å². The van der Waals surface area contributed by atoms with Crippen LogP contribution in [0.2, 0.25) is 0 Å². The zero-order valence-electron chi connectivity index (χ0n) is 20.7. The lowest BCUT2D eigenvalue weighted by molar-refractivity contribution is -0.143. The molecule has 3 saturated heterocycles. The Balaban J connectivity index is 1.55. The highest BCUT2D eigenvalue weighted by Gasteiger charge is 2.76. The number of halogens is 1. The van der Waals surface area contributed by atoms with Crippen molar-refractivity contribution in [3.8, 4) is 0 Å². The molecule has 9 heteroatoms. The Morgan fingerprint density at radius 1 is 1.19 bits per heavy atom. The van der Waals surface area contributed by atoms with E-state index in [9.17, 15) is 19.5 Å². The zero-order valence-corrected chi connectivity index (χ0v) is 23.1. The maximum atomic E-state index is 14.3. The van der Waals surface area contributed by atoms with Gasteiger partial charge in [-0.3, -0.25) is 14.4 Å². The van der Waals surface area contributed by atoms with E-state index in [0.29, 0.717) is 13.0 Å². The van der Waals surface area contributed by atoms with E-state index >= 15 is 0 Å². The summed E-state index contributed by atoms with van der Waals surface area (Å²) in [5.74, 6) is -1.52. The van der Waals surface area contributed by atoms with Gasteiger partial charge in [0.05, 0.1) is 29.2 Å². The van der Waals surface area contributed by atoms with Crippen molar-refractivity contribution in [3.63, 3.8) is 0 Å². The van der Waals surface area contributed by atoms with Crippen LogP contribution in [0.25, 0.3) is 0 Å². The predicted octanol–water partition coefficient (Wildman–Crippen LogP) is 3.16. The van der Waals surface area contributed by atoms with Crippen molar-refractivity contribution in [2.24, 2.45) is 11.8 Å². The second-order valence-electron chi connectivity index (χ2n) is 10.7. The molecule has 1 aromatic rings. The third kappa shape index (κ3) is 4.29. The van der Waals surface area contributed by atoms with Crippen molar-refractivity contribution in [3.05, 3.63) is 35.9 Å². The van der Waals surface area contributed by atoms with Crippen molar-refractivity contribution < 1.29 is 19.5 Å². The van der Waals surface area contributed by atoms with Crippen molar-refractivity contribution in [1.82, 2.24) is 15.5 Å². The number of carbonyl (C=O) groups is 3. The first-order valence-corrected chi connectivity index (χ1v) is 15.1. The van der Waals surface area contributed by atoms with Gasteiger partial charge in [-0.2, -0.15) is 0 Å². The molecule has 1 saturated carbocycles. The summed E-state index contributed by atoms with van der Waals surface area (Å²) in [6.45, 7) is 2.28. The van der Waals surface area contributed by atoms with Crippen LogP contribution in [0.1, 0.15) is 63.5 Å². The van der Waals surface area contributed by atoms with Gasteiger partial charge in [-0.05, 0) is 31.2 Å². The monoisotopic (exact) mass is 577 g/mol. The molecule has 196 valence electrons. The molecular formula is C27H36BrN3O4S. The summed E-state index contributed by atoms with van der Waals surface area (Å²) in [4.78, 5) is 43.4. The molecule has 4 aliphatic rings. The number of thioether (sulfide) groups is 1. The minimum Gasteiger partial charge on any atom is -0.394 e.